The molecule has 0 saturated carbocycles. The van der Waals surface area contributed by atoms with Gasteiger partial charge in [0.25, 0.3) is 0 Å². The molecule has 2 aromatic carbocycles. The van der Waals surface area contributed by atoms with Crippen molar-refractivity contribution in [1.29, 1.82) is 0 Å². The predicted octanol–water partition coefficient (Wildman–Crippen LogP) is 6.04. The molecule has 0 bridgehead atoms. The summed E-state index contributed by atoms with van der Waals surface area (Å²) in [4.78, 5) is 5.92. The Morgan fingerprint density at radius 2 is 1.75 bits per heavy atom. The van der Waals surface area contributed by atoms with Crippen molar-refractivity contribution in [3.63, 3.8) is 0 Å². The van der Waals surface area contributed by atoms with Gasteiger partial charge in [0.15, 0.2) is 0 Å². The molecule has 121 valence electrons. The predicted molar refractivity (Wildman–Crippen MR) is 98.8 cm³/mol. The summed E-state index contributed by atoms with van der Waals surface area (Å²) in [5, 5.41) is 1.20. The summed E-state index contributed by atoms with van der Waals surface area (Å²) in [6.45, 7) is 4.19. The molecule has 0 N–H and O–H groups in total. The van der Waals surface area contributed by atoms with E-state index in [2.05, 4.69) is 73.4 Å². The van der Waals surface area contributed by atoms with Crippen LogP contribution in [-0.4, -0.2) is 4.98 Å². The van der Waals surface area contributed by atoms with E-state index in [0.717, 1.165) is 16.8 Å². The van der Waals surface area contributed by atoms with Crippen LogP contribution in [0, 0.1) is 19.9 Å². The molecule has 0 amide bonds. The third kappa shape index (κ3) is 3.34. The summed E-state index contributed by atoms with van der Waals surface area (Å²) >= 11 is 1.81. The third-order valence-electron chi connectivity index (χ3n) is 3.88. The van der Waals surface area contributed by atoms with Gasteiger partial charge in [0, 0.05) is 41.3 Å². The van der Waals surface area contributed by atoms with Crippen molar-refractivity contribution >= 4 is 21.4 Å². The van der Waals surface area contributed by atoms with E-state index >= 15 is 0 Å². The summed E-state index contributed by atoms with van der Waals surface area (Å²) < 4.78 is 1.27. The molecule has 3 heteroatoms. The average molecular weight is 507 g/mol. The zero-order valence-electron chi connectivity index (χ0n) is 13.5. The van der Waals surface area contributed by atoms with Gasteiger partial charge in [-0.25, -0.2) is 0 Å². The number of aromatic nitrogens is 1. The molecule has 1 nitrogen and oxygen atoms in total. The molecule has 0 aliphatic heterocycles. The topological polar surface area (TPSA) is 12.9 Å². The molecule has 0 spiro atoms. The zero-order valence-corrected chi connectivity index (χ0v) is 16.7. The molecule has 0 unspecified atom stereocenters. The zero-order chi connectivity index (χ0) is 15.8. The third-order valence-corrected chi connectivity index (χ3v) is 5.03. The summed E-state index contributed by atoms with van der Waals surface area (Å²) in [5.74, 6) is 0. The molecular formula is C21H16IrNS-. The van der Waals surface area contributed by atoms with Crippen molar-refractivity contribution < 1.29 is 20.1 Å². The summed E-state index contributed by atoms with van der Waals surface area (Å²) in [7, 11) is 0. The van der Waals surface area contributed by atoms with Crippen molar-refractivity contribution in [2.45, 2.75) is 13.8 Å². The van der Waals surface area contributed by atoms with E-state index in [-0.39, 0.29) is 20.1 Å². The minimum absolute atomic E-state index is 0. The van der Waals surface area contributed by atoms with Gasteiger partial charge < -0.3 is 4.98 Å². The number of benzene rings is 2. The van der Waals surface area contributed by atoms with E-state index in [1.165, 1.54) is 26.1 Å². The monoisotopic (exact) mass is 507 g/mol. The molecule has 0 aliphatic carbocycles. The fourth-order valence-electron chi connectivity index (χ4n) is 2.86. The van der Waals surface area contributed by atoms with Crippen LogP contribution < -0.4 is 0 Å². The first kappa shape index (κ1) is 17.0. The summed E-state index contributed by atoms with van der Waals surface area (Å²) in [6.07, 6.45) is 1.97. The summed E-state index contributed by atoms with van der Waals surface area (Å²) in [6, 6.07) is 22.6. The Bertz CT molecular complexity index is 969. The molecular weight excluding hydrogens is 491 g/mol. The van der Waals surface area contributed by atoms with Crippen molar-refractivity contribution in [2.75, 3.05) is 0 Å². The van der Waals surface area contributed by atoms with Gasteiger partial charge in [-0.05, 0) is 17.3 Å². The largest absolute Gasteiger partial charge is 0.304 e. The van der Waals surface area contributed by atoms with Crippen LogP contribution in [0.25, 0.3) is 31.8 Å². The Balaban J connectivity index is 0.00000169. The van der Waals surface area contributed by atoms with Crippen LogP contribution in [-0.2, 0) is 20.1 Å². The van der Waals surface area contributed by atoms with Crippen molar-refractivity contribution in [2.24, 2.45) is 0 Å². The number of thiophene rings is 1. The second kappa shape index (κ2) is 6.98. The van der Waals surface area contributed by atoms with E-state index in [9.17, 15) is 0 Å². The van der Waals surface area contributed by atoms with Crippen LogP contribution in [0.5, 0.6) is 0 Å². The second-order valence-electron chi connectivity index (χ2n) is 5.84. The molecule has 0 atom stereocenters. The van der Waals surface area contributed by atoms with Gasteiger partial charge in [0.2, 0.25) is 0 Å². The summed E-state index contributed by atoms with van der Waals surface area (Å²) in [5.41, 5.74) is 5.71. The first-order valence-electron chi connectivity index (χ1n) is 7.65. The first-order valence-corrected chi connectivity index (χ1v) is 8.47. The molecule has 0 aliphatic rings. The SMILES string of the molecule is Cc1[c-]c(-c2cc3sc(-c4ccccc4)cc3cn2)cc(C)c1.[Ir]. The van der Waals surface area contributed by atoms with Crippen molar-refractivity contribution in [3.05, 3.63) is 78.0 Å². The van der Waals surface area contributed by atoms with E-state index in [1.54, 1.807) is 0 Å². The average Bonchev–Trinajstić information content (AvgIpc) is 2.98. The molecule has 2 aromatic heterocycles. The van der Waals surface area contributed by atoms with Crippen LogP contribution in [0.4, 0.5) is 0 Å². The number of hydrogen-bond donors (Lipinski definition) is 0. The number of hydrogen-bond acceptors (Lipinski definition) is 2. The van der Waals surface area contributed by atoms with E-state index in [4.69, 9.17) is 0 Å². The minimum atomic E-state index is 0. The number of nitrogens with zero attached hydrogens (tertiary/aromatic N) is 1. The molecule has 24 heavy (non-hydrogen) atoms. The van der Waals surface area contributed by atoms with Crippen molar-refractivity contribution in [1.82, 2.24) is 4.98 Å². The Morgan fingerprint density at radius 3 is 2.50 bits per heavy atom. The van der Waals surface area contributed by atoms with E-state index in [1.807, 2.05) is 23.6 Å². The van der Waals surface area contributed by atoms with Crippen LogP contribution >= 0.6 is 11.3 Å². The molecule has 0 fully saturated rings. The molecule has 4 aromatic rings. The minimum Gasteiger partial charge on any atom is -0.304 e. The van der Waals surface area contributed by atoms with E-state index in [0.29, 0.717) is 0 Å². The quantitative estimate of drug-likeness (QED) is 0.302. The normalized spacial score (nSPS) is 10.6. The Hall–Kier alpha value is -1.80. The van der Waals surface area contributed by atoms with Gasteiger partial charge in [0.05, 0.1) is 0 Å². The van der Waals surface area contributed by atoms with Gasteiger partial charge in [-0.1, -0.05) is 50.2 Å². The maximum atomic E-state index is 4.64. The van der Waals surface area contributed by atoms with E-state index < -0.39 is 0 Å². The number of fused-ring (bicyclic) bond motifs is 1. The van der Waals surface area contributed by atoms with Crippen LogP contribution in [0.1, 0.15) is 11.1 Å². The van der Waals surface area contributed by atoms with Gasteiger partial charge in [0.1, 0.15) is 0 Å². The van der Waals surface area contributed by atoms with Crippen LogP contribution in [0.15, 0.2) is 60.8 Å². The Morgan fingerprint density at radius 1 is 0.958 bits per heavy atom. The standard InChI is InChI=1S/C21H16NS.Ir/c1-14-8-15(2)10-17(9-14)19-12-21-18(13-22-19)11-20(23-21)16-6-4-3-5-7-16;/h3-9,11-13H,1-2H3;/q-1;. The first-order chi connectivity index (χ1) is 11.2. The van der Waals surface area contributed by atoms with Gasteiger partial charge in [-0.15, -0.1) is 46.2 Å². The van der Waals surface area contributed by atoms with Gasteiger partial charge in [-0.3, -0.25) is 0 Å². The maximum absolute atomic E-state index is 4.64. The fraction of sp³-hybridized carbons (Fsp3) is 0.0952. The molecule has 2 heterocycles. The maximum Gasteiger partial charge on any atom is 0.0355 e. The van der Waals surface area contributed by atoms with Crippen LogP contribution in [0.2, 0.25) is 0 Å². The Kier molecular flexibility index (Phi) is 4.96. The van der Waals surface area contributed by atoms with Gasteiger partial charge >= 0.3 is 0 Å². The Labute approximate surface area is 159 Å². The molecule has 1 radical (unpaired) electrons. The fourth-order valence-corrected chi connectivity index (χ4v) is 3.94. The molecule has 0 saturated heterocycles. The molecule has 4 rings (SSSR count). The second-order valence-corrected chi connectivity index (χ2v) is 6.92. The van der Waals surface area contributed by atoms with Crippen molar-refractivity contribution in [3.8, 4) is 21.7 Å². The van der Waals surface area contributed by atoms with Crippen LogP contribution in [0.3, 0.4) is 0 Å². The number of aryl methyl sites for hydroxylation is 2. The number of rotatable bonds is 2. The smallest absolute Gasteiger partial charge is 0.0355 e. The van der Waals surface area contributed by atoms with Gasteiger partial charge in [-0.2, -0.15) is 0 Å². The number of pyridine rings is 1.